The van der Waals surface area contributed by atoms with Gasteiger partial charge in [-0.25, -0.2) is 4.79 Å². The number of nitrogens with one attached hydrogen (secondary N) is 2. The fourth-order valence-electron chi connectivity index (χ4n) is 3.85. The van der Waals surface area contributed by atoms with E-state index in [9.17, 15) is 4.79 Å². The lowest BCUT2D eigenvalue weighted by Gasteiger charge is -2.35. The minimum absolute atomic E-state index is 0.199. The van der Waals surface area contributed by atoms with Gasteiger partial charge in [-0.2, -0.15) is 0 Å². The number of likely N-dealkylation sites (tertiary alicyclic amines) is 1. The van der Waals surface area contributed by atoms with Crippen LogP contribution in [-0.4, -0.2) is 79.8 Å². The number of hydrogen-bond acceptors (Lipinski definition) is 4. The number of rotatable bonds is 5. The number of carbonyl (C=O) groups excluding carboxylic acids is 1. The van der Waals surface area contributed by atoms with Gasteiger partial charge in [0.15, 0.2) is 5.96 Å². The maximum atomic E-state index is 12.3. The molecule has 1 aliphatic heterocycles. The number of aliphatic imine (C=N–C) groups is 1. The second-order valence-corrected chi connectivity index (χ2v) is 8.83. The molecular formula is C20H39N5O2. The molecule has 1 saturated carbocycles. The van der Waals surface area contributed by atoms with Crippen LogP contribution in [0, 0.1) is 0 Å². The smallest absolute Gasteiger partial charge is 0.410 e. The van der Waals surface area contributed by atoms with E-state index in [2.05, 4.69) is 27.6 Å². The van der Waals surface area contributed by atoms with E-state index in [1.165, 1.54) is 25.7 Å². The third-order valence-electron chi connectivity index (χ3n) is 5.34. The average Bonchev–Trinajstić information content (AvgIpc) is 3.14. The van der Waals surface area contributed by atoms with Gasteiger partial charge in [-0.1, -0.05) is 12.8 Å². The Hall–Kier alpha value is -1.50. The summed E-state index contributed by atoms with van der Waals surface area (Å²) in [4.78, 5) is 20.9. The molecule has 1 heterocycles. The molecule has 1 atom stereocenters. The van der Waals surface area contributed by atoms with Gasteiger partial charge in [-0.3, -0.25) is 4.99 Å². The van der Waals surface area contributed by atoms with Crippen molar-refractivity contribution in [1.29, 1.82) is 0 Å². The van der Waals surface area contributed by atoms with Crippen LogP contribution < -0.4 is 10.6 Å². The Bertz CT molecular complexity index is 497. The van der Waals surface area contributed by atoms with Gasteiger partial charge in [-0.05, 0) is 53.5 Å². The first-order chi connectivity index (χ1) is 12.8. The lowest BCUT2D eigenvalue weighted by molar-refractivity contribution is 0.0193. The highest BCUT2D eigenvalue weighted by molar-refractivity contribution is 5.80. The summed E-state index contributed by atoms with van der Waals surface area (Å²) in [5, 5.41) is 6.88. The van der Waals surface area contributed by atoms with Crippen molar-refractivity contribution in [3.8, 4) is 0 Å². The third kappa shape index (κ3) is 7.56. The number of guanidine groups is 1. The van der Waals surface area contributed by atoms with Crippen LogP contribution in [0.3, 0.4) is 0 Å². The van der Waals surface area contributed by atoms with Gasteiger partial charge in [-0.15, -0.1) is 0 Å². The Labute approximate surface area is 164 Å². The van der Waals surface area contributed by atoms with Gasteiger partial charge in [0.1, 0.15) is 5.60 Å². The van der Waals surface area contributed by atoms with E-state index in [0.717, 1.165) is 44.5 Å². The van der Waals surface area contributed by atoms with E-state index in [1.54, 1.807) is 11.9 Å². The molecule has 0 spiro atoms. The lowest BCUT2D eigenvalue weighted by atomic mass is 10.1. The topological polar surface area (TPSA) is 69.2 Å². The molecule has 0 aromatic heterocycles. The predicted molar refractivity (Wildman–Crippen MR) is 110 cm³/mol. The minimum Gasteiger partial charge on any atom is -0.444 e. The number of hydrogen-bond donors (Lipinski definition) is 2. The molecule has 1 aliphatic carbocycles. The summed E-state index contributed by atoms with van der Waals surface area (Å²) in [6.45, 7) is 8.99. The van der Waals surface area contributed by atoms with Crippen LogP contribution in [-0.2, 0) is 4.74 Å². The number of nitrogens with zero attached hydrogens (tertiary/aromatic N) is 3. The van der Waals surface area contributed by atoms with Crippen molar-refractivity contribution in [3.63, 3.8) is 0 Å². The molecule has 1 amide bonds. The first-order valence-corrected chi connectivity index (χ1v) is 10.4. The molecule has 0 aromatic rings. The highest BCUT2D eigenvalue weighted by Gasteiger charge is 2.28. The Balaban J connectivity index is 1.73. The third-order valence-corrected chi connectivity index (χ3v) is 5.34. The van der Waals surface area contributed by atoms with Crippen LogP contribution in [0.4, 0.5) is 4.79 Å². The fraction of sp³-hybridized carbons (Fsp3) is 0.900. The molecule has 1 unspecified atom stereocenters. The maximum absolute atomic E-state index is 12.3. The number of carbonyl (C=O) groups is 1. The van der Waals surface area contributed by atoms with Gasteiger partial charge in [0.2, 0.25) is 0 Å². The van der Waals surface area contributed by atoms with Crippen molar-refractivity contribution in [2.24, 2.45) is 4.99 Å². The molecule has 2 N–H and O–H groups in total. The number of likely N-dealkylation sites (N-methyl/N-ethyl adjacent to an activating group) is 1. The molecule has 7 heteroatoms. The zero-order valence-electron chi connectivity index (χ0n) is 17.9. The molecule has 1 saturated heterocycles. The van der Waals surface area contributed by atoms with Gasteiger partial charge >= 0.3 is 6.09 Å². The Kier molecular flexibility index (Phi) is 8.20. The second-order valence-electron chi connectivity index (χ2n) is 8.83. The highest BCUT2D eigenvalue weighted by atomic mass is 16.6. The van der Waals surface area contributed by atoms with E-state index in [0.29, 0.717) is 6.54 Å². The predicted octanol–water partition coefficient (Wildman–Crippen LogP) is 2.43. The molecule has 2 fully saturated rings. The largest absolute Gasteiger partial charge is 0.444 e. The summed E-state index contributed by atoms with van der Waals surface area (Å²) in [5.41, 5.74) is -0.458. The normalized spacial score (nSPS) is 22.2. The standard InChI is InChI=1S/C20H39N5O2/c1-20(2,3)27-19(26)25-13-8-9-16(15-25)23-18(21-4)22-12-14-24(5)17-10-6-7-11-17/h16-17H,6-15H2,1-5H3,(H2,21,22,23). The molecule has 0 aromatic carbocycles. The molecule has 156 valence electrons. The maximum Gasteiger partial charge on any atom is 0.410 e. The van der Waals surface area contributed by atoms with Crippen LogP contribution in [0.1, 0.15) is 59.3 Å². The lowest BCUT2D eigenvalue weighted by Crippen LogP contribution is -2.53. The Morgan fingerprint density at radius 3 is 2.56 bits per heavy atom. The van der Waals surface area contributed by atoms with Crippen LogP contribution in [0.5, 0.6) is 0 Å². The van der Waals surface area contributed by atoms with Crippen LogP contribution >= 0.6 is 0 Å². The van der Waals surface area contributed by atoms with Crippen molar-refractivity contribution in [2.75, 3.05) is 40.3 Å². The monoisotopic (exact) mass is 381 g/mol. The SMILES string of the molecule is CN=C(NCCN(C)C1CCCC1)NC1CCCN(C(=O)OC(C)(C)C)C1. The summed E-state index contributed by atoms with van der Waals surface area (Å²) in [7, 11) is 4.01. The fourth-order valence-corrected chi connectivity index (χ4v) is 3.85. The quantitative estimate of drug-likeness (QED) is 0.565. The zero-order valence-corrected chi connectivity index (χ0v) is 17.9. The molecule has 27 heavy (non-hydrogen) atoms. The van der Waals surface area contributed by atoms with E-state index < -0.39 is 5.60 Å². The van der Waals surface area contributed by atoms with Crippen LogP contribution in [0.2, 0.25) is 0 Å². The first-order valence-electron chi connectivity index (χ1n) is 10.4. The van der Waals surface area contributed by atoms with Gasteiger partial charge in [0, 0.05) is 45.3 Å². The van der Waals surface area contributed by atoms with Gasteiger partial charge < -0.3 is 25.2 Å². The van der Waals surface area contributed by atoms with Crippen molar-refractivity contribution in [1.82, 2.24) is 20.4 Å². The number of ether oxygens (including phenoxy) is 1. The molecule has 0 bridgehead atoms. The Morgan fingerprint density at radius 1 is 1.22 bits per heavy atom. The van der Waals surface area contributed by atoms with Gasteiger partial charge in [0.25, 0.3) is 0 Å². The summed E-state index contributed by atoms with van der Waals surface area (Å²) in [6, 6.07) is 0.938. The van der Waals surface area contributed by atoms with Crippen LogP contribution in [0.15, 0.2) is 4.99 Å². The van der Waals surface area contributed by atoms with Crippen molar-refractivity contribution >= 4 is 12.1 Å². The average molecular weight is 382 g/mol. The van der Waals surface area contributed by atoms with Crippen molar-refractivity contribution < 1.29 is 9.53 Å². The minimum atomic E-state index is -0.458. The first kappa shape index (κ1) is 21.8. The molecular weight excluding hydrogens is 342 g/mol. The van der Waals surface area contributed by atoms with E-state index in [-0.39, 0.29) is 12.1 Å². The van der Waals surface area contributed by atoms with Crippen molar-refractivity contribution in [3.05, 3.63) is 0 Å². The summed E-state index contributed by atoms with van der Waals surface area (Å²) < 4.78 is 5.50. The summed E-state index contributed by atoms with van der Waals surface area (Å²) in [6.07, 6.45) is 7.15. The Morgan fingerprint density at radius 2 is 1.93 bits per heavy atom. The number of piperidine rings is 1. The molecule has 7 nitrogen and oxygen atoms in total. The van der Waals surface area contributed by atoms with Gasteiger partial charge in [0.05, 0.1) is 0 Å². The number of amides is 1. The van der Waals surface area contributed by atoms with E-state index in [4.69, 9.17) is 4.74 Å². The van der Waals surface area contributed by atoms with E-state index in [1.807, 2.05) is 20.8 Å². The summed E-state index contributed by atoms with van der Waals surface area (Å²) >= 11 is 0. The highest BCUT2D eigenvalue weighted by Crippen LogP contribution is 2.21. The molecule has 0 radical (unpaired) electrons. The zero-order chi connectivity index (χ0) is 19.9. The molecule has 2 aliphatic rings. The van der Waals surface area contributed by atoms with E-state index >= 15 is 0 Å². The second kappa shape index (κ2) is 10.2. The summed E-state index contributed by atoms with van der Waals surface area (Å²) in [5.74, 6) is 0.811. The molecule has 2 rings (SSSR count). The van der Waals surface area contributed by atoms with Crippen LogP contribution in [0.25, 0.3) is 0 Å². The van der Waals surface area contributed by atoms with Crippen molar-refractivity contribution in [2.45, 2.75) is 77.0 Å².